The van der Waals surface area contributed by atoms with Crippen molar-refractivity contribution in [3.63, 3.8) is 0 Å². The van der Waals surface area contributed by atoms with E-state index in [-0.39, 0.29) is 0 Å². The molecule has 4 heteroatoms. The van der Waals surface area contributed by atoms with Crippen LogP contribution in [0.25, 0.3) is 16.8 Å². The fourth-order valence-electron chi connectivity index (χ4n) is 4.83. The number of rotatable bonds is 7. The molecule has 3 nitrogen and oxygen atoms in total. The van der Waals surface area contributed by atoms with Crippen molar-refractivity contribution in [1.29, 1.82) is 0 Å². The molecule has 4 aromatic rings. The molecule has 0 bridgehead atoms. The van der Waals surface area contributed by atoms with Crippen molar-refractivity contribution >= 4 is 23.0 Å². The van der Waals surface area contributed by atoms with Crippen LogP contribution >= 0.6 is 11.6 Å². The second-order valence-electron chi connectivity index (χ2n) is 8.74. The minimum absolute atomic E-state index is 0.762. The zero-order chi connectivity index (χ0) is 22.8. The number of anilines is 1. The summed E-state index contributed by atoms with van der Waals surface area (Å²) in [4.78, 5) is 2.36. The third kappa shape index (κ3) is 4.51. The Bertz CT molecular complexity index is 1250. The molecule has 0 N–H and O–H groups in total. The molecule has 0 radical (unpaired) electrons. The minimum atomic E-state index is 0.762. The van der Waals surface area contributed by atoms with Crippen LogP contribution in [0.2, 0.25) is 5.02 Å². The molecule has 1 aliphatic rings. The second kappa shape index (κ2) is 9.36. The van der Waals surface area contributed by atoms with Gasteiger partial charge < -0.3 is 14.0 Å². The van der Waals surface area contributed by atoms with Crippen LogP contribution in [-0.2, 0) is 25.9 Å². The second-order valence-corrected chi connectivity index (χ2v) is 9.18. The quantitative estimate of drug-likeness (QED) is 0.285. The predicted octanol–water partition coefficient (Wildman–Crippen LogP) is 7.30. The van der Waals surface area contributed by atoms with Gasteiger partial charge in [-0.3, -0.25) is 0 Å². The number of halogens is 1. The molecule has 0 aliphatic carbocycles. The van der Waals surface area contributed by atoms with Crippen LogP contribution in [0.15, 0.2) is 85.8 Å². The number of aromatic nitrogens is 2. The first kappa shape index (κ1) is 21.7. The Morgan fingerprint density at radius 3 is 2.45 bits per heavy atom. The maximum atomic E-state index is 6.07. The molecule has 168 valence electrons. The van der Waals surface area contributed by atoms with E-state index in [4.69, 9.17) is 11.6 Å². The standard InChI is InChI=1S/C29H30ClN3/c1-3-23-19-28(13-10-24(23)7-6-16-31-14-4-5-15-31)33-18-17-32-21-26(20-29(32)22(33)2)25-8-11-27(30)12-9-25/h4-5,8-15,19-21H,2-3,6-7,16-18H2,1H3. The van der Waals surface area contributed by atoms with Gasteiger partial charge in [0.2, 0.25) is 0 Å². The van der Waals surface area contributed by atoms with E-state index in [1.54, 1.807) is 0 Å². The lowest BCUT2D eigenvalue weighted by Crippen LogP contribution is -2.31. The monoisotopic (exact) mass is 455 g/mol. The van der Waals surface area contributed by atoms with Crippen LogP contribution in [0.3, 0.4) is 0 Å². The van der Waals surface area contributed by atoms with Gasteiger partial charge in [0.1, 0.15) is 0 Å². The lowest BCUT2D eigenvalue weighted by molar-refractivity contribution is 0.643. The number of aryl methyl sites for hydroxylation is 3. The van der Waals surface area contributed by atoms with Gasteiger partial charge in [-0.05, 0) is 78.4 Å². The van der Waals surface area contributed by atoms with E-state index in [0.717, 1.165) is 49.6 Å². The average molecular weight is 456 g/mol. The maximum absolute atomic E-state index is 6.07. The van der Waals surface area contributed by atoms with Gasteiger partial charge in [-0.2, -0.15) is 0 Å². The Morgan fingerprint density at radius 2 is 1.70 bits per heavy atom. The highest BCUT2D eigenvalue weighted by Gasteiger charge is 2.22. The van der Waals surface area contributed by atoms with E-state index in [0.29, 0.717) is 0 Å². The van der Waals surface area contributed by atoms with E-state index in [1.165, 1.54) is 33.6 Å². The fraction of sp³-hybridized carbons (Fsp3) is 0.241. The molecule has 3 heterocycles. The Morgan fingerprint density at radius 1 is 0.909 bits per heavy atom. The molecule has 1 aliphatic heterocycles. The van der Waals surface area contributed by atoms with Gasteiger partial charge in [0.15, 0.2) is 0 Å². The van der Waals surface area contributed by atoms with Crippen LogP contribution in [0.1, 0.15) is 30.2 Å². The molecule has 0 fully saturated rings. The lowest BCUT2D eigenvalue weighted by atomic mass is 9.99. The number of hydrogen-bond donors (Lipinski definition) is 0. The first-order valence-electron chi connectivity index (χ1n) is 11.8. The van der Waals surface area contributed by atoms with Gasteiger partial charge >= 0.3 is 0 Å². The third-order valence-electron chi connectivity index (χ3n) is 6.67. The first-order valence-corrected chi connectivity index (χ1v) is 12.2. The summed E-state index contributed by atoms with van der Waals surface area (Å²) >= 11 is 6.07. The smallest absolute Gasteiger partial charge is 0.0648 e. The van der Waals surface area contributed by atoms with Crippen molar-refractivity contribution in [1.82, 2.24) is 9.13 Å². The van der Waals surface area contributed by atoms with Gasteiger partial charge in [0, 0.05) is 54.5 Å². The summed E-state index contributed by atoms with van der Waals surface area (Å²) in [6, 6.07) is 21.4. The topological polar surface area (TPSA) is 13.1 Å². The molecule has 0 unspecified atom stereocenters. The highest BCUT2D eigenvalue weighted by atomic mass is 35.5. The van der Waals surface area contributed by atoms with Crippen LogP contribution in [0.5, 0.6) is 0 Å². The minimum Gasteiger partial charge on any atom is -0.354 e. The molecule has 2 aromatic carbocycles. The van der Waals surface area contributed by atoms with Gasteiger partial charge in [0.05, 0.1) is 11.4 Å². The summed E-state index contributed by atoms with van der Waals surface area (Å²) in [7, 11) is 0. The number of hydrogen-bond acceptors (Lipinski definition) is 1. The van der Waals surface area contributed by atoms with E-state index in [9.17, 15) is 0 Å². The van der Waals surface area contributed by atoms with Gasteiger partial charge in [0.25, 0.3) is 0 Å². The van der Waals surface area contributed by atoms with E-state index >= 15 is 0 Å². The molecule has 2 aromatic heterocycles. The van der Waals surface area contributed by atoms with Crippen molar-refractivity contribution in [3.8, 4) is 11.1 Å². The van der Waals surface area contributed by atoms with E-state index in [2.05, 4.69) is 94.7 Å². The molecule has 5 rings (SSSR count). The lowest BCUT2D eigenvalue weighted by Gasteiger charge is -2.33. The molecular formula is C29H30ClN3. The summed E-state index contributed by atoms with van der Waals surface area (Å²) in [5.41, 5.74) is 8.77. The average Bonchev–Trinajstić information content (AvgIpc) is 3.51. The van der Waals surface area contributed by atoms with Crippen LogP contribution < -0.4 is 4.90 Å². The highest BCUT2D eigenvalue weighted by Crippen LogP contribution is 2.34. The van der Waals surface area contributed by atoms with Gasteiger partial charge in [-0.15, -0.1) is 0 Å². The van der Waals surface area contributed by atoms with E-state index < -0.39 is 0 Å². The number of benzene rings is 2. The Hall–Kier alpha value is -3.17. The Kier molecular flexibility index (Phi) is 6.15. The molecule has 0 spiro atoms. The van der Waals surface area contributed by atoms with Crippen LogP contribution in [-0.4, -0.2) is 15.7 Å². The first-order chi connectivity index (χ1) is 16.1. The summed E-state index contributed by atoms with van der Waals surface area (Å²) in [6.45, 7) is 9.66. The molecule has 0 saturated heterocycles. The third-order valence-corrected chi connectivity index (χ3v) is 6.92. The maximum Gasteiger partial charge on any atom is 0.0648 e. The fourth-order valence-corrected chi connectivity index (χ4v) is 4.96. The molecule has 0 saturated carbocycles. The molecule has 33 heavy (non-hydrogen) atoms. The van der Waals surface area contributed by atoms with Crippen LogP contribution in [0.4, 0.5) is 5.69 Å². The van der Waals surface area contributed by atoms with Crippen LogP contribution in [0, 0.1) is 0 Å². The normalized spacial score (nSPS) is 13.4. The summed E-state index contributed by atoms with van der Waals surface area (Å²) < 4.78 is 4.57. The Balaban J connectivity index is 1.33. The van der Waals surface area contributed by atoms with Crippen molar-refractivity contribution in [2.24, 2.45) is 0 Å². The zero-order valence-electron chi connectivity index (χ0n) is 19.2. The number of nitrogens with zero attached hydrogens (tertiary/aromatic N) is 3. The van der Waals surface area contributed by atoms with Crippen molar-refractivity contribution in [2.45, 2.75) is 39.3 Å². The zero-order valence-corrected chi connectivity index (χ0v) is 19.9. The Labute approximate surface area is 201 Å². The van der Waals surface area contributed by atoms with Crippen molar-refractivity contribution in [2.75, 3.05) is 11.4 Å². The summed E-state index contributed by atoms with van der Waals surface area (Å²) in [5, 5.41) is 0.762. The predicted molar refractivity (Wildman–Crippen MR) is 140 cm³/mol. The van der Waals surface area contributed by atoms with Crippen molar-refractivity contribution < 1.29 is 0 Å². The molecular weight excluding hydrogens is 426 g/mol. The summed E-state index contributed by atoms with van der Waals surface area (Å²) in [5.74, 6) is 0. The SMILES string of the molecule is C=C1c2cc(-c3ccc(Cl)cc3)cn2CCN1c1ccc(CCCn2cccc2)c(CC)c1. The van der Waals surface area contributed by atoms with Gasteiger partial charge in [-0.1, -0.05) is 43.3 Å². The largest absolute Gasteiger partial charge is 0.354 e. The molecule has 0 atom stereocenters. The van der Waals surface area contributed by atoms with Gasteiger partial charge in [-0.25, -0.2) is 0 Å². The summed E-state index contributed by atoms with van der Waals surface area (Å²) in [6.07, 6.45) is 9.81. The van der Waals surface area contributed by atoms with Crippen molar-refractivity contribution in [3.05, 3.63) is 108 Å². The van der Waals surface area contributed by atoms with E-state index in [1.807, 2.05) is 12.1 Å². The number of fused-ring (bicyclic) bond motifs is 1. The highest BCUT2D eigenvalue weighted by molar-refractivity contribution is 6.30. The molecule has 0 amide bonds.